The second kappa shape index (κ2) is 4.57. The van der Waals surface area contributed by atoms with Gasteiger partial charge < -0.3 is 9.84 Å². The van der Waals surface area contributed by atoms with Gasteiger partial charge >= 0.3 is 0 Å². The van der Waals surface area contributed by atoms with E-state index in [1.807, 2.05) is 13.8 Å². The van der Waals surface area contributed by atoms with Crippen molar-refractivity contribution in [2.24, 2.45) is 0 Å². The number of fused-ring (bicyclic) bond motifs is 1. The Morgan fingerprint density at radius 3 is 3.06 bits per heavy atom. The summed E-state index contributed by atoms with van der Waals surface area (Å²) in [6, 6.07) is 0. The van der Waals surface area contributed by atoms with E-state index in [-0.39, 0.29) is 6.10 Å². The summed E-state index contributed by atoms with van der Waals surface area (Å²) in [6.45, 7) is 4.55. The van der Waals surface area contributed by atoms with E-state index in [0.717, 1.165) is 18.5 Å². The quantitative estimate of drug-likeness (QED) is 0.828. The van der Waals surface area contributed by atoms with Gasteiger partial charge in [-0.2, -0.15) is 0 Å². The van der Waals surface area contributed by atoms with Crippen LogP contribution in [0.1, 0.15) is 31.2 Å². The largest absolute Gasteiger partial charge is 0.474 e. The van der Waals surface area contributed by atoms with Gasteiger partial charge in [-0.15, -0.1) is 0 Å². The molecule has 0 fully saturated rings. The molecule has 0 aromatic carbocycles. The van der Waals surface area contributed by atoms with Gasteiger partial charge in [0, 0.05) is 18.3 Å². The first-order chi connectivity index (χ1) is 7.59. The lowest BCUT2D eigenvalue weighted by molar-refractivity contribution is 0.131. The first kappa shape index (κ1) is 11.6. The van der Waals surface area contributed by atoms with E-state index in [4.69, 9.17) is 16.3 Å². The van der Waals surface area contributed by atoms with Gasteiger partial charge in [0.1, 0.15) is 11.3 Å². The van der Waals surface area contributed by atoms with Crippen molar-refractivity contribution in [1.29, 1.82) is 0 Å². The van der Waals surface area contributed by atoms with Crippen LogP contribution in [0.2, 0.25) is 5.02 Å². The molecule has 0 spiro atoms. The smallest absolute Gasteiger partial charge is 0.233 e. The van der Waals surface area contributed by atoms with E-state index >= 15 is 0 Å². The Kier molecular flexibility index (Phi) is 3.33. The summed E-state index contributed by atoms with van der Waals surface area (Å²) in [6.07, 6.45) is 1.83. The molecule has 1 aromatic heterocycles. The zero-order chi connectivity index (χ0) is 11.7. The third-order valence-corrected chi connectivity index (χ3v) is 2.83. The Labute approximate surface area is 99.6 Å². The van der Waals surface area contributed by atoms with E-state index in [1.165, 1.54) is 0 Å². The molecular weight excluding hydrogens is 228 g/mol. The maximum atomic E-state index is 9.82. The molecule has 2 rings (SSSR count). The maximum Gasteiger partial charge on any atom is 0.233 e. The lowest BCUT2D eigenvalue weighted by Crippen LogP contribution is -2.30. The second-order valence-corrected chi connectivity index (χ2v) is 4.47. The average Bonchev–Trinajstić information content (AvgIpc) is 2.22. The molecule has 0 radical (unpaired) electrons. The Bertz CT molecular complexity index is 396. The molecule has 88 valence electrons. The standard InChI is InChI=1S/C11H15ClN2O2/c1-6(2)16-11-9(12)8-7(5-14-11)3-4-13-10(8)15/h5-6,10,13,15H,3-4H2,1-2H3. The molecule has 1 aromatic rings. The zero-order valence-electron chi connectivity index (χ0n) is 9.33. The molecule has 1 unspecified atom stereocenters. The van der Waals surface area contributed by atoms with Crippen LogP contribution in [0.25, 0.3) is 0 Å². The fraction of sp³-hybridized carbons (Fsp3) is 0.545. The number of nitrogens with one attached hydrogen (secondary N) is 1. The van der Waals surface area contributed by atoms with Gasteiger partial charge in [0.25, 0.3) is 0 Å². The van der Waals surface area contributed by atoms with Crippen LogP contribution in [0.5, 0.6) is 5.88 Å². The van der Waals surface area contributed by atoms with Crippen molar-refractivity contribution in [3.63, 3.8) is 0 Å². The summed E-state index contributed by atoms with van der Waals surface area (Å²) >= 11 is 6.18. The lowest BCUT2D eigenvalue weighted by Gasteiger charge is -2.24. The van der Waals surface area contributed by atoms with Crippen molar-refractivity contribution in [1.82, 2.24) is 10.3 Å². The number of rotatable bonds is 2. The van der Waals surface area contributed by atoms with Crippen LogP contribution in [-0.4, -0.2) is 22.7 Å². The highest BCUT2D eigenvalue weighted by atomic mass is 35.5. The molecule has 4 nitrogen and oxygen atoms in total. The lowest BCUT2D eigenvalue weighted by atomic mass is 10.0. The first-order valence-electron chi connectivity index (χ1n) is 5.35. The van der Waals surface area contributed by atoms with E-state index in [1.54, 1.807) is 6.20 Å². The molecule has 1 atom stereocenters. The molecule has 1 aliphatic rings. The third-order valence-electron chi connectivity index (χ3n) is 2.46. The molecule has 2 N–H and O–H groups in total. The van der Waals surface area contributed by atoms with E-state index in [2.05, 4.69) is 10.3 Å². The van der Waals surface area contributed by atoms with Crippen LogP contribution in [0.3, 0.4) is 0 Å². The minimum Gasteiger partial charge on any atom is -0.474 e. The van der Waals surface area contributed by atoms with Gasteiger partial charge in [-0.1, -0.05) is 11.6 Å². The fourth-order valence-corrected chi connectivity index (χ4v) is 2.08. The number of aliphatic hydroxyl groups is 1. The number of aromatic nitrogens is 1. The van der Waals surface area contributed by atoms with Crippen LogP contribution < -0.4 is 10.1 Å². The molecule has 0 saturated carbocycles. The van der Waals surface area contributed by atoms with Crippen molar-refractivity contribution >= 4 is 11.6 Å². The minimum absolute atomic E-state index is 0.0109. The normalized spacial score (nSPS) is 19.7. The Morgan fingerprint density at radius 1 is 1.62 bits per heavy atom. The van der Waals surface area contributed by atoms with Crippen molar-refractivity contribution in [2.75, 3.05) is 6.54 Å². The molecule has 1 aliphatic heterocycles. The second-order valence-electron chi connectivity index (χ2n) is 4.09. The van der Waals surface area contributed by atoms with Gasteiger partial charge in [-0.3, -0.25) is 5.32 Å². The highest BCUT2D eigenvalue weighted by molar-refractivity contribution is 6.32. The van der Waals surface area contributed by atoms with Crippen molar-refractivity contribution in [3.05, 3.63) is 22.3 Å². The molecule has 0 bridgehead atoms. The van der Waals surface area contributed by atoms with Gasteiger partial charge in [0.05, 0.1) is 6.10 Å². The summed E-state index contributed by atoms with van der Waals surface area (Å²) in [5, 5.41) is 13.2. The molecule has 0 amide bonds. The number of hydrogen-bond donors (Lipinski definition) is 2. The fourth-order valence-electron chi connectivity index (χ4n) is 1.76. The molecule has 0 saturated heterocycles. The predicted molar refractivity (Wildman–Crippen MR) is 61.7 cm³/mol. The van der Waals surface area contributed by atoms with Crippen molar-refractivity contribution < 1.29 is 9.84 Å². The van der Waals surface area contributed by atoms with Crippen LogP contribution >= 0.6 is 11.6 Å². The average molecular weight is 243 g/mol. The van der Waals surface area contributed by atoms with Crippen molar-refractivity contribution in [3.8, 4) is 5.88 Å². The Balaban J connectivity index is 2.41. The zero-order valence-corrected chi connectivity index (χ0v) is 10.1. The highest BCUT2D eigenvalue weighted by Gasteiger charge is 2.23. The monoisotopic (exact) mass is 242 g/mol. The number of aliphatic hydroxyl groups excluding tert-OH is 1. The van der Waals surface area contributed by atoms with Gasteiger partial charge in [0.2, 0.25) is 5.88 Å². The van der Waals surface area contributed by atoms with Crippen molar-refractivity contribution in [2.45, 2.75) is 32.6 Å². The highest BCUT2D eigenvalue weighted by Crippen LogP contribution is 2.34. The Morgan fingerprint density at radius 2 is 2.38 bits per heavy atom. The summed E-state index contributed by atoms with van der Waals surface area (Å²) in [5.41, 5.74) is 1.67. The van der Waals surface area contributed by atoms with E-state index in [0.29, 0.717) is 16.5 Å². The van der Waals surface area contributed by atoms with Gasteiger partial charge in [-0.05, 0) is 25.8 Å². The maximum absolute atomic E-state index is 9.82. The van der Waals surface area contributed by atoms with Gasteiger partial charge in [0.15, 0.2) is 0 Å². The van der Waals surface area contributed by atoms with Crippen LogP contribution in [0.15, 0.2) is 6.20 Å². The summed E-state index contributed by atoms with van der Waals surface area (Å²) in [4.78, 5) is 4.17. The molecular formula is C11H15ClN2O2. The van der Waals surface area contributed by atoms with Crippen LogP contribution in [-0.2, 0) is 6.42 Å². The number of ether oxygens (including phenoxy) is 1. The van der Waals surface area contributed by atoms with E-state index < -0.39 is 6.23 Å². The molecule has 2 heterocycles. The molecule has 5 heteroatoms. The van der Waals surface area contributed by atoms with Crippen LogP contribution in [0, 0.1) is 0 Å². The minimum atomic E-state index is -0.728. The topological polar surface area (TPSA) is 54.4 Å². The summed E-state index contributed by atoms with van der Waals surface area (Å²) in [7, 11) is 0. The summed E-state index contributed by atoms with van der Waals surface area (Å²) in [5.74, 6) is 0.387. The molecule has 16 heavy (non-hydrogen) atoms. The Hall–Kier alpha value is -0.840. The number of pyridine rings is 1. The number of nitrogens with zero attached hydrogens (tertiary/aromatic N) is 1. The molecule has 0 aliphatic carbocycles. The SMILES string of the molecule is CC(C)Oc1ncc2c(c1Cl)C(O)NCC2. The third kappa shape index (κ3) is 2.14. The summed E-state index contributed by atoms with van der Waals surface area (Å²) < 4.78 is 5.48. The number of halogens is 1. The number of hydrogen-bond acceptors (Lipinski definition) is 4. The van der Waals surface area contributed by atoms with E-state index in [9.17, 15) is 5.11 Å². The van der Waals surface area contributed by atoms with Crippen LogP contribution in [0.4, 0.5) is 0 Å². The first-order valence-corrected chi connectivity index (χ1v) is 5.72. The van der Waals surface area contributed by atoms with Gasteiger partial charge in [-0.25, -0.2) is 4.98 Å². The predicted octanol–water partition coefficient (Wildman–Crippen LogP) is 1.66.